The SMILES string of the molecule is COCc1cccc(CN(C)O)c1. The van der Waals surface area contributed by atoms with Crippen molar-refractivity contribution in [2.24, 2.45) is 0 Å². The minimum absolute atomic E-state index is 0.539. The van der Waals surface area contributed by atoms with E-state index in [4.69, 9.17) is 9.94 Å². The van der Waals surface area contributed by atoms with Gasteiger partial charge in [-0.2, -0.15) is 5.06 Å². The van der Waals surface area contributed by atoms with Crippen molar-refractivity contribution in [1.82, 2.24) is 5.06 Å². The molecule has 1 rings (SSSR count). The van der Waals surface area contributed by atoms with Gasteiger partial charge in [0.1, 0.15) is 0 Å². The van der Waals surface area contributed by atoms with E-state index in [1.54, 1.807) is 14.2 Å². The Balaban J connectivity index is 2.67. The van der Waals surface area contributed by atoms with Gasteiger partial charge in [0.15, 0.2) is 0 Å². The molecule has 0 amide bonds. The topological polar surface area (TPSA) is 32.7 Å². The highest BCUT2D eigenvalue weighted by molar-refractivity contribution is 5.22. The molecule has 0 unspecified atom stereocenters. The van der Waals surface area contributed by atoms with Gasteiger partial charge in [0, 0.05) is 20.7 Å². The van der Waals surface area contributed by atoms with Crippen molar-refractivity contribution in [2.75, 3.05) is 14.2 Å². The first-order chi connectivity index (χ1) is 6.22. The average molecular weight is 181 g/mol. The molecule has 3 heteroatoms. The molecule has 1 aromatic rings. The van der Waals surface area contributed by atoms with Gasteiger partial charge in [-0.1, -0.05) is 24.3 Å². The van der Waals surface area contributed by atoms with Crippen LogP contribution in [0.15, 0.2) is 24.3 Å². The van der Waals surface area contributed by atoms with Crippen LogP contribution in [0.5, 0.6) is 0 Å². The first kappa shape index (κ1) is 10.2. The fourth-order valence-electron chi connectivity index (χ4n) is 1.25. The van der Waals surface area contributed by atoms with Crippen molar-refractivity contribution in [3.8, 4) is 0 Å². The second-order valence-electron chi connectivity index (χ2n) is 3.07. The van der Waals surface area contributed by atoms with Gasteiger partial charge in [0.25, 0.3) is 0 Å². The number of hydrogen-bond acceptors (Lipinski definition) is 3. The van der Waals surface area contributed by atoms with Crippen LogP contribution in [0.1, 0.15) is 11.1 Å². The molecule has 0 bridgehead atoms. The Morgan fingerprint density at radius 2 is 2.08 bits per heavy atom. The van der Waals surface area contributed by atoms with Crippen LogP contribution in [0.25, 0.3) is 0 Å². The second kappa shape index (κ2) is 4.97. The Hall–Kier alpha value is -0.900. The maximum Gasteiger partial charge on any atom is 0.0713 e. The summed E-state index contributed by atoms with van der Waals surface area (Å²) >= 11 is 0. The van der Waals surface area contributed by atoms with Crippen LogP contribution in [-0.4, -0.2) is 24.4 Å². The van der Waals surface area contributed by atoms with E-state index in [1.165, 1.54) is 0 Å². The zero-order chi connectivity index (χ0) is 9.68. The molecule has 0 fully saturated rings. The van der Waals surface area contributed by atoms with Crippen molar-refractivity contribution >= 4 is 0 Å². The van der Waals surface area contributed by atoms with E-state index in [0.717, 1.165) is 16.2 Å². The van der Waals surface area contributed by atoms with Gasteiger partial charge in [0.2, 0.25) is 0 Å². The third kappa shape index (κ3) is 3.55. The predicted octanol–water partition coefficient (Wildman–Crippen LogP) is 1.65. The average Bonchev–Trinajstić information content (AvgIpc) is 2.04. The predicted molar refractivity (Wildman–Crippen MR) is 50.4 cm³/mol. The number of rotatable bonds is 4. The lowest BCUT2D eigenvalue weighted by Crippen LogP contribution is -2.11. The minimum atomic E-state index is 0.539. The van der Waals surface area contributed by atoms with Gasteiger partial charge in [-0.25, -0.2) is 0 Å². The van der Waals surface area contributed by atoms with Gasteiger partial charge in [-0.15, -0.1) is 0 Å². The van der Waals surface area contributed by atoms with Crippen molar-refractivity contribution in [3.63, 3.8) is 0 Å². The van der Waals surface area contributed by atoms with E-state index in [2.05, 4.69) is 0 Å². The number of methoxy groups -OCH3 is 1. The molecule has 0 heterocycles. The standard InChI is InChI=1S/C10H15NO2/c1-11(12)7-9-4-3-5-10(6-9)8-13-2/h3-6,12H,7-8H2,1-2H3. The van der Waals surface area contributed by atoms with Crippen LogP contribution >= 0.6 is 0 Å². The third-order valence-corrected chi connectivity index (χ3v) is 1.71. The van der Waals surface area contributed by atoms with Crippen LogP contribution < -0.4 is 0 Å². The summed E-state index contributed by atoms with van der Waals surface area (Å²) in [5.74, 6) is 0. The summed E-state index contributed by atoms with van der Waals surface area (Å²) in [6.07, 6.45) is 0. The van der Waals surface area contributed by atoms with Crippen LogP contribution in [0.3, 0.4) is 0 Å². The number of nitrogens with zero attached hydrogens (tertiary/aromatic N) is 1. The van der Waals surface area contributed by atoms with Crippen LogP contribution in [-0.2, 0) is 17.9 Å². The fourth-order valence-corrected chi connectivity index (χ4v) is 1.25. The van der Waals surface area contributed by atoms with E-state index in [9.17, 15) is 0 Å². The summed E-state index contributed by atoms with van der Waals surface area (Å²) in [5, 5.41) is 10.2. The Morgan fingerprint density at radius 1 is 1.38 bits per heavy atom. The molecule has 0 radical (unpaired) electrons. The monoisotopic (exact) mass is 181 g/mol. The number of hydroxylamine groups is 2. The lowest BCUT2D eigenvalue weighted by molar-refractivity contribution is -0.0731. The van der Waals surface area contributed by atoms with Crippen LogP contribution in [0, 0.1) is 0 Å². The molecule has 0 saturated carbocycles. The Kier molecular flexibility index (Phi) is 3.89. The molecule has 0 saturated heterocycles. The molecule has 0 spiro atoms. The zero-order valence-electron chi connectivity index (χ0n) is 8.03. The maximum atomic E-state index is 9.03. The molecule has 1 aromatic carbocycles. The quantitative estimate of drug-likeness (QED) is 0.717. The highest BCUT2D eigenvalue weighted by Crippen LogP contribution is 2.07. The summed E-state index contributed by atoms with van der Waals surface area (Å²) in [6, 6.07) is 7.97. The summed E-state index contributed by atoms with van der Waals surface area (Å²) in [7, 11) is 3.30. The minimum Gasteiger partial charge on any atom is -0.380 e. The van der Waals surface area contributed by atoms with E-state index in [0.29, 0.717) is 13.2 Å². The summed E-state index contributed by atoms with van der Waals surface area (Å²) in [5.41, 5.74) is 2.21. The van der Waals surface area contributed by atoms with Crippen LogP contribution in [0.2, 0.25) is 0 Å². The van der Waals surface area contributed by atoms with E-state index in [1.807, 2.05) is 24.3 Å². The number of ether oxygens (including phenoxy) is 1. The molecule has 3 nitrogen and oxygen atoms in total. The maximum absolute atomic E-state index is 9.03. The molecule has 0 atom stereocenters. The molecular formula is C10H15NO2. The first-order valence-corrected chi connectivity index (χ1v) is 4.19. The molecule has 72 valence electrons. The van der Waals surface area contributed by atoms with Crippen LogP contribution in [0.4, 0.5) is 0 Å². The lowest BCUT2D eigenvalue weighted by atomic mass is 10.1. The van der Waals surface area contributed by atoms with E-state index >= 15 is 0 Å². The van der Waals surface area contributed by atoms with E-state index < -0.39 is 0 Å². The smallest absolute Gasteiger partial charge is 0.0713 e. The molecule has 1 N–H and O–H groups in total. The van der Waals surface area contributed by atoms with Crippen molar-refractivity contribution in [1.29, 1.82) is 0 Å². The highest BCUT2D eigenvalue weighted by Gasteiger charge is 1.97. The largest absolute Gasteiger partial charge is 0.380 e. The molecule has 0 aliphatic rings. The molecule has 0 aliphatic heterocycles. The second-order valence-corrected chi connectivity index (χ2v) is 3.07. The van der Waals surface area contributed by atoms with Crippen molar-refractivity contribution in [3.05, 3.63) is 35.4 Å². The molecule has 13 heavy (non-hydrogen) atoms. The summed E-state index contributed by atoms with van der Waals surface area (Å²) < 4.78 is 5.01. The first-order valence-electron chi connectivity index (χ1n) is 4.19. The van der Waals surface area contributed by atoms with Crippen molar-refractivity contribution < 1.29 is 9.94 Å². The Labute approximate surface area is 78.5 Å². The van der Waals surface area contributed by atoms with Gasteiger partial charge < -0.3 is 9.94 Å². The van der Waals surface area contributed by atoms with Gasteiger partial charge in [0.05, 0.1) is 6.61 Å². The number of benzene rings is 1. The third-order valence-electron chi connectivity index (χ3n) is 1.71. The summed E-state index contributed by atoms with van der Waals surface area (Å²) in [4.78, 5) is 0. The zero-order valence-corrected chi connectivity index (χ0v) is 8.03. The lowest BCUT2D eigenvalue weighted by Gasteiger charge is -2.08. The Morgan fingerprint density at radius 3 is 2.69 bits per heavy atom. The molecular weight excluding hydrogens is 166 g/mol. The van der Waals surface area contributed by atoms with Gasteiger partial charge >= 0.3 is 0 Å². The van der Waals surface area contributed by atoms with Crippen molar-refractivity contribution in [2.45, 2.75) is 13.2 Å². The summed E-state index contributed by atoms with van der Waals surface area (Å²) in [6.45, 7) is 1.15. The number of hydrogen-bond donors (Lipinski definition) is 1. The highest BCUT2D eigenvalue weighted by atomic mass is 16.5. The molecule has 0 aromatic heterocycles. The Bertz CT molecular complexity index is 261. The normalized spacial score (nSPS) is 10.8. The van der Waals surface area contributed by atoms with Gasteiger partial charge in [-0.05, 0) is 11.1 Å². The van der Waals surface area contributed by atoms with E-state index in [-0.39, 0.29) is 0 Å². The fraction of sp³-hybridized carbons (Fsp3) is 0.400. The van der Waals surface area contributed by atoms with Gasteiger partial charge in [-0.3, -0.25) is 0 Å². The molecule has 0 aliphatic carbocycles.